The van der Waals surface area contributed by atoms with E-state index in [1.807, 2.05) is 13.8 Å². The van der Waals surface area contributed by atoms with E-state index in [9.17, 15) is 14.0 Å². The summed E-state index contributed by atoms with van der Waals surface area (Å²) in [5, 5.41) is 2.85. The summed E-state index contributed by atoms with van der Waals surface area (Å²) in [5.41, 5.74) is 0.145. The summed E-state index contributed by atoms with van der Waals surface area (Å²) in [6.07, 6.45) is 0.289. The number of pyridine rings is 1. The Hall–Kier alpha value is -3.27. The van der Waals surface area contributed by atoms with Crippen LogP contribution in [-0.2, 0) is 14.3 Å². The number of methoxy groups -OCH3 is 1. The predicted octanol–water partition coefficient (Wildman–Crippen LogP) is 3.84. The van der Waals surface area contributed by atoms with Gasteiger partial charge in [-0.05, 0) is 31.9 Å². The molecular weight excluding hydrogens is 463 g/mol. The molecule has 0 amide bonds. The molecule has 0 fully saturated rings. The number of benzene rings is 1. The number of nitrogens with zero attached hydrogens (tertiary/aromatic N) is 1. The molecule has 2 aromatic rings. The van der Waals surface area contributed by atoms with Gasteiger partial charge in [0, 0.05) is 25.3 Å². The number of hydrogen-bond acceptors (Lipinski definition) is 8. The largest absolute Gasteiger partial charge is 0.493 e. The lowest BCUT2D eigenvalue weighted by Crippen LogP contribution is -2.44. The van der Waals surface area contributed by atoms with Crippen LogP contribution in [0.15, 0.2) is 36.5 Å². The highest BCUT2D eigenvalue weighted by Crippen LogP contribution is 2.30. The monoisotopic (exact) mass is 492 g/mol. The molecule has 0 aliphatic heterocycles. The first-order valence-corrected chi connectivity index (χ1v) is 11.1. The quantitative estimate of drug-likeness (QED) is 0.392. The van der Waals surface area contributed by atoms with Gasteiger partial charge in [-0.25, -0.2) is 14.2 Å². The van der Waals surface area contributed by atoms with Crippen molar-refractivity contribution in [1.29, 1.82) is 0 Å². The zero-order valence-corrected chi connectivity index (χ0v) is 20.8. The molecular formula is C24H29FN2O6S. The maximum atomic E-state index is 13.5. The van der Waals surface area contributed by atoms with Crippen molar-refractivity contribution in [3.8, 4) is 17.2 Å². The maximum absolute atomic E-state index is 13.5. The van der Waals surface area contributed by atoms with E-state index in [1.54, 1.807) is 26.0 Å². The van der Waals surface area contributed by atoms with Crippen LogP contribution in [0.5, 0.6) is 17.2 Å². The third-order valence-corrected chi connectivity index (χ3v) is 5.05. The number of aromatic nitrogens is 1. The van der Waals surface area contributed by atoms with Crippen LogP contribution in [0.25, 0.3) is 0 Å². The molecule has 0 bridgehead atoms. The van der Waals surface area contributed by atoms with Crippen molar-refractivity contribution in [3.05, 3.63) is 48.0 Å². The van der Waals surface area contributed by atoms with Crippen molar-refractivity contribution in [2.45, 2.75) is 52.9 Å². The summed E-state index contributed by atoms with van der Waals surface area (Å²) in [6.45, 7) is 8.34. The molecule has 8 nitrogen and oxygen atoms in total. The summed E-state index contributed by atoms with van der Waals surface area (Å²) >= 11 is 5.38. The van der Waals surface area contributed by atoms with Crippen LogP contribution < -0.4 is 19.5 Å². The third kappa shape index (κ3) is 7.38. The molecule has 10 heteroatoms. The number of thiocarbonyl (C=S) groups is 1. The fraction of sp³-hybridized carbons (Fsp3) is 0.417. The minimum absolute atomic E-state index is 0.0253. The van der Waals surface area contributed by atoms with Gasteiger partial charge in [-0.2, -0.15) is 0 Å². The molecule has 34 heavy (non-hydrogen) atoms. The van der Waals surface area contributed by atoms with Crippen LogP contribution in [0.4, 0.5) is 4.39 Å². The fourth-order valence-electron chi connectivity index (χ4n) is 3.14. The molecule has 0 radical (unpaired) electrons. The fourth-order valence-corrected chi connectivity index (χ4v) is 3.47. The van der Waals surface area contributed by atoms with Gasteiger partial charge in [0.2, 0.25) is 5.75 Å². The second kappa shape index (κ2) is 12.3. The molecule has 0 saturated heterocycles. The first kappa shape index (κ1) is 27.0. The summed E-state index contributed by atoms with van der Waals surface area (Å²) in [4.78, 5) is 28.5. The minimum Gasteiger partial charge on any atom is -0.493 e. The van der Waals surface area contributed by atoms with Gasteiger partial charge in [-0.15, -0.1) is 0 Å². The first-order valence-electron chi connectivity index (χ1n) is 10.7. The zero-order valence-electron chi connectivity index (χ0n) is 20.0. The second-order valence-corrected chi connectivity index (χ2v) is 8.31. The average molecular weight is 493 g/mol. The Bertz CT molecular complexity index is 1030. The normalized spacial score (nSPS) is 13.4. The van der Waals surface area contributed by atoms with Gasteiger partial charge in [0.05, 0.1) is 7.11 Å². The average Bonchev–Trinajstić information content (AvgIpc) is 2.76. The molecule has 1 aromatic heterocycles. The summed E-state index contributed by atoms with van der Waals surface area (Å²) in [7, 11) is 1.42. The van der Waals surface area contributed by atoms with Crippen LogP contribution >= 0.6 is 12.2 Å². The molecule has 0 spiro atoms. The molecule has 2 rings (SSSR count). The number of carbonyl (C=O) groups excluding carboxylic acids is 2. The van der Waals surface area contributed by atoms with E-state index >= 15 is 0 Å². The second-order valence-electron chi connectivity index (χ2n) is 7.91. The smallest absolute Gasteiger partial charge is 0.328 e. The van der Waals surface area contributed by atoms with Crippen molar-refractivity contribution in [3.63, 3.8) is 0 Å². The Labute approximate surface area is 203 Å². The van der Waals surface area contributed by atoms with Gasteiger partial charge < -0.3 is 24.3 Å². The van der Waals surface area contributed by atoms with E-state index < -0.39 is 36.0 Å². The Morgan fingerprint density at radius 2 is 1.85 bits per heavy atom. The van der Waals surface area contributed by atoms with Gasteiger partial charge in [0.25, 0.3) is 0 Å². The minimum atomic E-state index is -0.852. The lowest BCUT2D eigenvalue weighted by molar-refractivity contribution is -0.155. The maximum Gasteiger partial charge on any atom is 0.328 e. The summed E-state index contributed by atoms with van der Waals surface area (Å²) in [6, 6.07) is 6.44. The van der Waals surface area contributed by atoms with E-state index in [0.29, 0.717) is 5.75 Å². The molecule has 0 aliphatic rings. The lowest BCUT2D eigenvalue weighted by Gasteiger charge is -2.29. The molecule has 0 saturated carbocycles. The Morgan fingerprint density at radius 1 is 1.15 bits per heavy atom. The molecule has 184 valence electrons. The molecule has 1 N–H and O–H groups in total. The molecule has 0 unspecified atom stereocenters. The topological polar surface area (TPSA) is 96.0 Å². The van der Waals surface area contributed by atoms with Gasteiger partial charge in [0.15, 0.2) is 5.75 Å². The van der Waals surface area contributed by atoms with Crippen LogP contribution in [-0.4, -0.2) is 47.3 Å². The molecule has 3 atom stereocenters. The molecule has 0 aliphatic carbocycles. The van der Waals surface area contributed by atoms with Gasteiger partial charge in [-0.1, -0.05) is 32.1 Å². The van der Waals surface area contributed by atoms with Crippen molar-refractivity contribution >= 4 is 29.1 Å². The molecule has 1 aromatic carbocycles. The third-order valence-electron chi connectivity index (χ3n) is 4.74. The number of hydrogen-bond donors (Lipinski definition) is 1. The van der Waals surface area contributed by atoms with Crippen molar-refractivity contribution in [2.24, 2.45) is 5.92 Å². The van der Waals surface area contributed by atoms with Crippen LogP contribution in [0.3, 0.4) is 0 Å². The van der Waals surface area contributed by atoms with Crippen LogP contribution in [0.2, 0.25) is 0 Å². The standard InChI is InChI=1S/C24H29FN2O6S/c1-13(2)21(33-18-9-7-8-17(25)12-18)15(4)31-24(29)14(3)27-23(34)20-22(32-16(5)28)19(30-6)10-11-26-20/h7-15,21H,1-6H3,(H,27,34)/t14-,15-,21+/m0/s1. The van der Waals surface area contributed by atoms with E-state index in [1.165, 1.54) is 38.4 Å². The van der Waals surface area contributed by atoms with E-state index in [2.05, 4.69) is 10.3 Å². The Kier molecular flexibility index (Phi) is 9.73. The Morgan fingerprint density at radius 3 is 2.44 bits per heavy atom. The summed E-state index contributed by atoms with van der Waals surface area (Å²) < 4.78 is 35.4. The highest BCUT2D eigenvalue weighted by molar-refractivity contribution is 7.80. The number of ether oxygens (including phenoxy) is 4. The van der Waals surface area contributed by atoms with Crippen molar-refractivity contribution in [2.75, 3.05) is 7.11 Å². The van der Waals surface area contributed by atoms with Crippen molar-refractivity contribution < 1.29 is 32.9 Å². The number of halogens is 1. The summed E-state index contributed by atoms with van der Waals surface area (Å²) in [5.74, 6) is -0.946. The number of rotatable bonds is 10. The molecule has 1 heterocycles. The van der Waals surface area contributed by atoms with Gasteiger partial charge >= 0.3 is 11.9 Å². The van der Waals surface area contributed by atoms with Gasteiger partial charge in [-0.3, -0.25) is 4.79 Å². The van der Waals surface area contributed by atoms with E-state index in [-0.39, 0.29) is 28.1 Å². The zero-order chi connectivity index (χ0) is 25.4. The Balaban J connectivity index is 2.09. The highest BCUT2D eigenvalue weighted by atomic mass is 32.1. The van der Waals surface area contributed by atoms with Crippen LogP contribution in [0, 0.1) is 11.7 Å². The SMILES string of the molecule is COc1ccnc(C(=S)N[C@@H](C)C(=O)O[C@@H](C)[C@H](Oc2cccc(F)c2)C(C)C)c1OC(C)=O. The van der Waals surface area contributed by atoms with Gasteiger partial charge in [0.1, 0.15) is 40.5 Å². The number of esters is 2. The number of carbonyl (C=O) groups is 2. The first-order chi connectivity index (χ1) is 16.0. The van der Waals surface area contributed by atoms with Crippen LogP contribution in [0.1, 0.15) is 40.3 Å². The highest BCUT2D eigenvalue weighted by Gasteiger charge is 2.29. The van der Waals surface area contributed by atoms with Crippen molar-refractivity contribution in [1.82, 2.24) is 10.3 Å². The predicted molar refractivity (Wildman–Crippen MR) is 128 cm³/mol. The van der Waals surface area contributed by atoms with E-state index in [4.69, 9.17) is 31.2 Å². The van der Waals surface area contributed by atoms with E-state index in [0.717, 1.165) is 0 Å². The number of nitrogens with one attached hydrogen (secondary N) is 1. The lowest BCUT2D eigenvalue weighted by atomic mass is 10.0.